The lowest BCUT2D eigenvalue weighted by molar-refractivity contribution is -0.191. The molecule has 2 N–H and O–H groups in total. The number of rotatable bonds is 12. The van der Waals surface area contributed by atoms with Gasteiger partial charge < -0.3 is 29.6 Å². The molecule has 1 aliphatic heterocycles. The lowest BCUT2D eigenvalue weighted by Gasteiger charge is -2.34. The fraction of sp³-hybridized carbons (Fsp3) is 0.708. The first-order valence-corrected chi connectivity index (χ1v) is 11.8. The van der Waals surface area contributed by atoms with E-state index < -0.39 is 54.3 Å². The maximum atomic E-state index is 13.2. The van der Waals surface area contributed by atoms with Crippen LogP contribution in [0.25, 0.3) is 0 Å². The van der Waals surface area contributed by atoms with Gasteiger partial charge in [0.1, 0.15) is 6.04 Å². The van der Waals surface area contributed by atoms with E-state index in [2.05, 4.69) is 10.6 Å². The summed E-state index contributed by atoms with van der Waals surface area (Å²) in [5, 5.41) is 5.35. The van der Waals surface area contributed by atoms with Crippen LogP contribution in [0.5, 0.6) is 0 Å². The maximum absolute atomic E-state index is 13.2. The number of ether oxygens (including phenoxy) is 4. The third-order valence-corrected chi connectivity index (χ3v) is 5.49. The highest BCUT2D eigenvalue weighted by atomic mass is 16.6. The Labute approximate surface area is 206 Å². The van der Waals surface area contributed by atoms with Crippen LogP contribution in [-0.2, 0) is 42.9 Å². The Balaban J connectivity index is 3.38. The zero-order valence-electron chi connectivity index (χ0n) is 21.3. The monoisotopic (exact) mass is 498 g/mol. The quantitative estimate of drug-likeness (QED) is 0.230. The molecule has 2 amide bonds. The van der Waals surface area contributed by atoms with Crippen molar-refractivity contribution in [1.29, 1.82) is 0 Å². The molecule has 1 heterocycles. The molecule has 1 saturated heterocycles. The number of methoxy groups -OCH3 is 1. The Morgan fingerprint density at radius 3 is 2.14 bits per heavy atom. The van der Waals surface area contributed by atoms with Gasteiger partial charge >= 0.3 is 17.9 Å². The van der Waals surface area contributed by atoms with Crippen LogP contribution in [0.4, 0.5) is 0 Å². The summed E-state index contributed by atoms with van der Waals surface area (Å²) in [6.07, 6.45) is 0.476. The first-order valence-electron chi connectivity index (χ1n) is 11.8. The summed E-state index contributed by atoms with van der Waals surface area (Å²) in [7, 11) is 1.22. The Morgan fingerprint density at radius 2 is 1.60 bits per heavy atom. The van der Waals surface area contributed by atoms with Crippen molar-refractivity contribution in [3.05, 3.63) is 12.2 Å². The molecule has 1 unspecified atom stereocenters. The van der Waals surface area contributed by atoms with Crippen molar-refractivity contribution in [2.75, 3.05) is 13.7 Å². The summed E-state index contributed by atoms with van der Waals surface area (Å²) in [5.41, 5.74) is 0. The van der Waals surface area contributed by atoms with E-state index in [1.165, 1.54) is 20.1 Å². The van der Waals surface area contributed by atoms with Crippen molar-refractivity contribution in [1.82, 2.24) is 10.6 Å². The van der Waals surface area contributed by atoms with Gasteiger partial charge in [-0.15, -0.1) is 0 Å². The van der Waals surface area contributed by atoms with Gasteiger partial charge in [0, 0.05) is 34.4 Å². The van der Waals surface area contributed by atoms with Crippen LogP contribution in [0.1, 0.15) is 60.3 Å². The van der Waals surface area contributed by atoms with E-state index in [1.54, 1.807) is 6.08 Å². The summed E-state index contributed by atoms with van der Waals surface area (Å²) in [4.78, 5) is 61.3. The fourth-order valence-electron chi connectivity index (χ4n) is 3.57. The second-order valence-corrected chi connectivity index (χ2v) is 8.50. The van der Waals surface area contributed by atoms with Gasteiger partial charge in [0.15, 0.2) is 24.4 Å². The van der Waals surface area contributed by atoms with Gasteiger partial charge in [-0.25, -0.2) is 0 Å². The molecular weight excluding hydrogens is 460 g/mol. The van der Waals surface area contributed by atoms with Crippen molar-refractivity contribution in [3.63, 3.8) is 0 Å². The number of allylic oxidation sites excluding steroid dienone is 1. The summed E-state index contributed by atoms with van der Waals surface area (Å²) >= 11 is 0. The molecule has 0 spiro atoms. The molecule has 1 rings (SSSR count). The number of nitrogens with one attached hydrogen (secondary N) is 2. The first kappa shape index (κ1) is 30.1. The molecule has 6 atom stereocenters. The molecule has 1 fully saturated rings. The average Bonchev–Trinajstić information content (AvgIpc) is 2.98. The summed E-state index contributed by atoms with van der Waals surface area (Å²) in [5.74, 6) is -3.17. The van der Waals surface area contributed by atoms with E-state index in [4.69, 9.17) is 18.9 Å². The van der Waals surface area contributed by atoms with E-state index >= 15 is 0 Å². The summed E-state index contributed by atoms with van der Waals surface area (Å²) < 4.78 is 21.6. The number of hydrogen-bond acceptors (Lipinski definition) is 9. The minimum atomic E-state index is -1.49. The molecule has 1 aliphatic rings. The molecule has 35 heavy (non-hydrogen) atoms. The molecule has 0 saturated carbocycles. The van der Waals surface area contributed by atoms with Gasteiger partial charge in [0.05, 0.1) is 0 Å². The van der Waals surface area contributed by atoms with Gasteiger partial charge in [-0.1, -0.05) is 26.3 Å². The third kappa shape index (κ3) is 10.5. The van der Waals surface area contributed by atoms with E-state index in [0.29, 0.717) is 13.0 Å². The smallest absolute Gasteiger partial charge is 0.303 e. The Bertz CT molecular complexity index is 783. The number of carbonyl (C=O) groups is 5. The van der Waals surface area contributed by atoms with Gasteiger partial charge in [-0.2, -0.15) is 0 Å². The van der Waals surface area contributed by atoms with Crippen molar-refractivity contribution >= 4 is 29.7 Å². The van der Waals surface area contributed by atoms with Crippen molar-refractivity contribution < 1.29 is 42.9 Å². The number of esters is 3. The van der Waals surface area contributed by atoms with Gasteiger partial charge in [0.2, 0.25) is 5.91 Å². The summed E-state index contributed by atoms with van der Waals surface area (Å²) in [6.45, 7) is 7.86. The molecule has 0 aromatic rings. The molecule has 0 bridgehead atoms. The zero-order chi connectivity index (χ0) is 26.5. The zero-order valence-corrected chi connectivity index (χ0v) is 21.3. The van der Waals surface area contributed by atoms with Crippen molar-refractivity contribution in [2.24, 2.45) is 5.92 Å². The average molecular weight is 499 g/mol. The van der Waals surface area contributed by atoms with E-state index in [-0.39, 0.29) is 11.8 Å². The lowest BCUT2D eigenvalue weighted by Crippen LogP contribution is -2.57. The minimum Gasteiger partial charge on any atom is -0.455 e. The molecule has 198 valence electrons. The van der Waals surface area contributed by atoms with Crippen LogP contribution < -0.4 is 10.6 Å². The van der Waals surface area contributed by atoms with Crippen LogP contribution in [0, 0.1) is 5.92 Å². The number of hydrogen-bond donors (Lipinski definition) is 2. The largest absolute Gasteiger partial charge is 0.455 e. The molecule has 11 heteroatoms. The third-order valence-electron chi connectivity index (χ3n) is 5.49. The van der Waals surface area contributed by atoms with Crippen LogP contribution >= 0.6 is 0 Å². The highest BCUT2D eigenvalue weighted by Gasteiger charge is 2.44. The normalized spacial score (nSPS) is 20.4. The Morgan fingerprint density at radius 1 is 1.00 bits per heavy atom. The maximum Gasteiger partial charge on any atom is 0.303 e. The summed E-state index contributed by atoms with van der Waals surface area (Å²) in [6, 6.07) is -0.803. The first-order chi connectivity index (χ1) is 16.5. The van der Waals surface area contributed by atoms with Crippen LogP contribution in [0.3, 0.4) is 0 Å². The second-order valence-electron chi connectivity index (χ2n) is 8.50. The predicted molar refractivity (Wildman–Crippen MR) is 125 cm³/mol. The van der Waals surface area contributed by atoms with E-state index in [0.717, 1.165) is 33.1 Å². The second kappa shape index (κ2) is 15.1. The molecular formula is C24H38N2O9. The highest BCUT2D eigenvalue weighted by Crippen LogP contribution is 2.21. The molecule has 11 nitrogen and oxygen atoms in total. The molecule has 0 aromatic carbocycles. The highest BCUT2D eigenvalue weighted by molar-refractivity contribution is 5.90. The SMILES string of the molecule is CCC(C)C=C[C@@H](OC(C)=O)[C@H](OC(C)=O)[C@@H](OC(C)=O)[C@@H](OC)C(=O)N[C@H]1CCCCNC1=O. The molecule has 0 aliphatic carbocycles. The predicted octanol–water partition coefficient (Wildman–Crippen LogP) is 1.18. The molecule has 0 radical (unpaired) electrons. The van der Waals surface area contributed by atoms with Crippen LogP contribution in [-0.4, -0.2) is 73.8 Å². The fourth-order valence-corrected chi connectivity index (χ4v) is 3.57. The van der Waals surface area contributed by atoms with Gasteiger partial charge in [0.25, 0.3) is 5.91 Å². The lowest BCUT2D eigenvalue weighted by atomic mass is 9.98. The Hall–Kier alpha value is -2.95. The standard InChI is InChI=1S/C24H38N2O9/c1-7-14(2)11-12-19(33-15(3)27)20(34-16(4)28)21(35-17(5)29)22(32-6)24(31)26-18-10-8-9-13-25-23(18)30/h11-12,14,18-22H,7-10,13H2,1-6H3,(H,25,30)(H,26,31)/t14?,18-,19+,20-,21+,22+/m0/s1. The van der Waals surface area contributed by atoms with E-state index in [1.807, 2.05) is 13.8 Å². The minimum absolute atomic E-state index is 0.105. The van der Waals surface area contributed by atoms with Gasteiger partial charge in [-0.3, -0.25) is 24.0 Å². The topological polar surface area (TPSA) is 146 Å². The van der Waals surface area contributed by atoms with Crippen molar-refractivity contribution in [3.8, 4) is 0 Å². The number of carbonyl (C=O) groups excluding carboxylic acids is 5. The van der Waals surface area contributed by atoms with Gasteiger partial charge in [-0.05, 0) is 31.3 Å². The van der Waals surface area contributed by atoms with Crippen LogP contribution in [0.2, 0.25) is 0 Å². The van der Waals surface area contributed by atoms with Crippen LogP contribution in [0.15, 0.2) is 12.2 Å². The Kier molecular flexibility index (Phi) is 13.0. The van der Waals surface area contributed by atoms with Crippen molar-refractivity contribution in [2.45, 2.75) is 90.8 Å². The van der Waals surface area contributed by atoms with E-state index in [9.17, 15) is 24.0 Å². The number of amides is 2. The molecule has 0 aromatic heterocycles.